The molecule has 0 unspecified atom stereocenters. The SMILES string of the molecule is CCOc1cc(C=NNC(=O)CNC(=O)c2ccccc2OC)cc(Br)c1OCC. The van der Waals surface area contributed by atoms with Crippen LogP contribution in [0.3, 0.4) is 0 Å². The third-order valence-electron chi connectivity index (χ3n) is 3.78. The van der Waals surface area contributed by atoms with Crippen LogP contribution in [0.4, 0.5) is 0 Å². The van der Waals surface area contributed by atoms with E-state index in [2.05, 4.69) is 31.8 Å². The molecule has 0 aliphatic heterocycles. The van der Waals surface area contributed by atoms with Crippen LogP contribution in [0.25, 0.3) is 0 Å². The monoisotopic (exact) mass is 477 g/mol. The third kappa shape index (κ3) is 6.48. The zero-order valence-corrected chi connectivity index (χ0v) is 18.6. The van der Waals surface area contributed by atoms with Crippen LogP contribution in [0.2, 0.25) is 0 Å². The second-order valence-corrected chi connectivity index (χ2v) is 6.73. The molecular weight excluding hydrogens is 454 g/mol. The van der Waals surface area contributed by atoms with Crippen molar-refractivity contribution in [2.45, 2.75) is 13.8 Å². The molecule has 0 heterocycles. The van der Waals surface area contributed by atoms with E-state index in [1.807, 2.05) is 13.8 Å². The lowest BCUT2D eigenvalue weighted by Gasteiger charge is -2.13. The van der Waals surface area contributed by atoms with E-state index in [0.717, 1.165) is 0 Å². The van der Waals surface area contributed by atoms with Crippen LogP contribution in [0.5, 0.6) is 17.2 Å². The number of hydrazone groups is 1. The van der Waals surface area contributed by atoms with Gasteiger partial charge >= 0.3 is 0 Å². The number of ether oxygens (including phenoxy) is 3. The molecule has 0 aromatic heterocycles. The predicted molar refractivity (Wildman–Crippen MR) is 118 cm³/mol. The number of nitrogens with zero attached hydrogens (tertiary/aromatic N) is 1. The van der Waals surface area contributed by atoms with Gasteiger partial charge in [-0.05, 0) is 59.6 Å². The molecule has 0 bridgehead atoms. The summed E-state index contributed by atoms with van der Waals surface area (Å²) < 4.78 is 17.0. The first-order valence-corrected chi connectivity index (χ1v) is 10.1. The molecule has 2 rings (SSSR count). The number of nitrogens with one attached hydrogen (secondary N) is 2. The van der Waals surface area contributed by atoms with Crippen LogP contribution in [0.1, 0.15) is 29.8 Å². The summed E-state index contributed by atoms with van der Waals surface area (Å²) in [5.41, 5.74) is 3.42. The topological polar surface area (TPSA) is 98.2 Å². The molecule has 0 atom stereocenters. The van der Waals surface area contributed by atoms with Gasteiger partial charge in [0, 0.05) is 0 Å². The number of para-hydroxylation sites is 1. The van der Waals surface area contributed by atoms with Gasteiger partial charge in [-0.2, -0.15) is 5.10 Å². The Labute approximate surface area is 183 Å². The van der Waals surface area contributed by atoms with Gasteiger partial charge < -0.3 is 19.5 Å². The van der Waals surface area contributed by atoms with Gasteiger partial charge in [-0.25, -0.2) is 5.43 Å². The molecule has 2 N–H and O–H groups in total. The van der Waals surface area contributed by atoms with Crippen LogP contribution < -0.4 is 25.0 Å². The summed E-state index contributed by atoms with van der Waals surface area (Å²) in [5, 5.41) is 6.46. The van der Waals surface area contributed by atoms with Crippen molar-refractivity contribution in [3.8, 4) is 17.2 Å². The van der Waals surface area contributed by atoms with Crippen molar-refractivity contribution < 1.29 is 23.8 Å². The van der Waals surface area contributed by atoms with Crippen LogP contribution >= 0.6 is 15.9 Å². The van der Waals surface area contributed by atoms with Gasteiger partial charge in [0.15, 0.2) is 11.5 Å². The van der Waals surface area contributed by atoms with Crippen molar-refractivity contribution in [2.75, 3.05) is 26.9 Å². The fourth-order valence-corrected chi connectivity index (χ4v) is 3.09. The second-order valence-electron chi connectivity index (χ2n) is 5.87. The number of carbonyl (C=O) groups excluding carboxylic acids is 2. The van der Waals surface area contributed by atoms with E-state index in [0.29, 0.717) is 46.1 Å². The molecule has 0 saturated carbocycles. The molecule has 2 aromatic carbocycles. The number of carbonyl (C=O) groups is 2. The smallest absolute Gasteiger partial charge is 0.259 e. The Hall–Kier alpha value is -3.07. The fraction of sp³-hybridized carbons (Fsp3) is 0.286. The van der Waals surface area contributed by atoms with Gasteiger partial charge in [0.05, 0.1) is 43.1 Å². The Balaban J connectivity index is 1.95. The van der Waals surface area contributed by atoms with Crippen LogP contribution in [0, 0.1) is 0 Å². The van der Waals surface area contributed by atoms with Crippen molar-refractivity contribution in [3.63, 3.8) is 0 Å². The minimum absolute atomic E-state index is 0.231. The highest BCUT2D eigenvalue weighted by molar-refractivity contribution is 9.10. The quantitative estimate of drug-likeness (QED) is 0.404. The zero-order valence-electron chi connectivity index (χ0n) is 17.0. The largest absolute Gasteiger partial charge is 0.496 e. The molecule has 9 heteroatoms. The fourth-order valence-electron chi connectivity index (χ4n) is 2.52. The highest BCUT2D eigenvalue weighted by atomic mass is 79.9. The molecule has 30 heavy (non-hydrogen) atoms. The first-order chi connectivity index (χ1) is 14.5. The number of amides is 2. The van der Waals surface area contributed by atoms with Gasteiger partial charge in [-0.15, -0.1) is 0 Å². The average molecular weight is 478 g/mol. The summed E-state index contributed by atoms with van der Waals surface area (Å²) in [6.45, 7) is 4.52. The number of benzene rings is 2. The summed E-state index contributed by atoms with van der Waals surface area (Å²) in [6, 6.07) is 10.3. The molecule has 160 valence electrons. The molecule has 8 nitrogen and oxygen atoms in total. The van der Waals surface area contributed by atoms with Gasteiger partial charge in [0.25, 0.3) is 11.8 Å². The number of methoxy groups -OCH3 is 1. The molecule has 0 aliphatic rings. The maximum absolute atomic E-state index is 12.2. The van der Waals surface area contributed by atoms with Crippen molar-refractivity contribution in [3.05, 3.63) is 52.0 Å². The minimum Gasteiger partial charge on any atom is -0.496 e. The van der Waals surface area contributed by atoms with Gasteiger partial charge in [-0.3, -0.25) is 9.59 Å². The van der Waals surface area contributed by atoms with E-state index in [1.165, 1.54) is 13.3 Å². The van der Waals surface area contributed by atoms with Crippen molar-refractivity contribution in [1.29, 1.82) is 0 Å². The Morgan fingerprint density at radius 2 is 1.83 bits per heavy atom. The highest BCUT2D eigenvalue weighted by Crippen LogP contribution is 2.36. The number of hydrogen-bond donors (Lipinski definition) is 2. The number of halogens is 1. The summed E-state index contributed by atoms with van der Waals surface area (Å²) in [5.74, 6) is 0.734. The third-order valence-corrected chi connectivity index (χ3v) is 4.37. The minimum atomic E-state index is -0.468. The first kappa shape index (κ1) is 23.2. The van der Waals surface area contributed by atoms with E-state index in [4.69, 9.17) is 14.2 Å². The van der Waals surface area contributed by atoms with Crippen LogP contribution in [0.15, 0.2) is 46.0 Å². The summed E-state index contributed by atoms with van der Waals surface area (Å²) >= 11 is 3.45. The van der Waals surface area contributed by atoms with Crippen molar-refractivity contribution in [2.24, 2.45) is 5.10 Å². The maximum Gasteiger partial charge on any atom is 0.259 e. The van der Waals surface area contributed by atoms with E-state index in [9.17, 15) is 9.59 Å². The van der Waals surface area contributed by atoms with Gasteiger partial charge in [0.1, 0.15) is 5.75 Å². The maximum atomic E-state index is 12.2. The van der Waals surface area contributed by atoms with Crippen molar-refractivity contribution >= 4 is 34.0 Å². The summed E-state index contributed by atoms with van der Waals surface area (Å²) in [6.07, 6.45) is 1.48. The average Bonchev–Trinajstić information content (AvgIpc) is 2.74. The Bertz CT molecular complexity index is 918. The lowest BCUT2D eigenvalue weighted by molar-refractivity contribution is -0.120. The second kappa shape index (κ2) is 11.8. The Kier molecular flexibility index (Phi) is 9.14. The lowest BCUT2D eigenvalue weighted by Crippen LogP contribution is -2.35. The molecule has 2 aromatic rings. The van der Waals surface area contributed by atoms with E-state index in [1.54, 1.807) is 36.4 Å². The Morgan fingerprint density at radius 3 is 2.53 bits per heavy atom. The van der Waals surface area contributed by atoms with Crippen LogP contribution in [-0.4, -0.2) is 44.9 Å². The predicted octanol–water partition coefficient (Wildman–Crippen LogP) is 3.14. The van der Waals surface area contributed by atoms with Crippen LogP contribution in [-0.2, 0) is 4.79 Å². The molecule has 0 radical (unpaired) electrons. The standard InChI is InChI=1S/C21H24BrN3O5/c1-4-29-18-11-14(10-16(22)20(18)30-5-2)12-24-25-19(26)13-23-21(27)15-8-6-7-9-17(15)28-3/h6-12H,4-5,13H2,1-3H3,(H,23,27)(H,25,26). The van der Waals surface area contributed by atoms with Gasteiger partial charge in [-0.1, -0.05) is 12.1 Å². The number of rotatable bonds is 10. The first-order valence-electron chi connectivity index (χ1n) is 9.32. The summed E-state index contributed by atoms with van der Waals surface area (Å²) in [7, 11) is 1.48. The van der Waals surface area contributed by atoms with E-state index >= 15 is 0 Å². The molecule has 0 saturated heterocycles. The van der Waals surface area contributed by atoms with E-state index < -0.39 is 11.8 Å². The molecular formula is C21H24BrN3O5. The molecule has 2 amide bonds. The van der Waals surface area contributed by atoms with Crippen molar-refractivity contribution in [1.82, 2.24) is 10.7 Å². The summed E-state index contributed by atoms with van der Waals surface area (Å²) in [4.78, 5) is 24.2. The normalized spacial score (nSPS) is 10.5. The molecule has 0 aliphatic carbocycles. The zero-order chi connectivity index (χ0) is 21.9. The van der Waals surface area contributed by atoms with Gasteiger partial charge in [0.2, 0.25) is 0 Å². The van der Waals surface area contributed by atoms with E-state index in [-0.39, 0.29) is 6.54 Å². The molecule has 0 spiro atoms. The Morgan fingerprint density at radius 1 is 1.10 bits per heavy atom. The highest BCUT2D eigenvalue weighted by Gasteiger charge is 2.13. The number of hydrogen-bond acceptors (Lipinski definition) is 6. The lowest BCUT2D eigenvalue weighted by atomic mass is 10.2. The molecule has 0 fully saturated rings.